The molecule has 0 radical (unpaired) electrons. The van der Waals surface area contributed by atoms with E-state index >= 15 is 0 Å². The molecule has 2 heterocycles. The molecule has 5 atom stereocenters. The number of aliphatic imine (C=N–C) groups is 1. The first-order valence-electron chi connectivity index (χ1n) is 13.4. The van der Waals surface area contributed by atoms with Crippen molar-refractivity contribution in [2.75, 3.05) is 13.2 Å². The van der Waals surface area contributed by atoms with Gasteiger partial charge < -0.3 is 18.9 Å². The van der Waals surface area contributed by atoms with E-state index in [0.29, 0.717) is 0 Å². The van der Waals surface area contributed by atoms with Crippen LogP contribution in [0.15, 0.2) is 96.0 Å². The summed E-state index contributed by atoms with van der Waals surface area (Å²) < 4.78 is 26.4. The lowest BCUT2D eigenvalue weighted by molar-refractivity contribution is -0.210. The first-order chi connectivity index (χ1) is 19.3. The van der Waals surface area contributed by atoms with Crippen molar-refractivity contribution in [1.82, 2.24) is 0 Å². The molecule has 40 heavy (non-hydrogen) atoms. The number of hydrogen-bond acceptors (Lipinski definition) is 7. The summed E-state index contributed by atoms with van der Waals surface area (Å²) in [7, 11) is 0. The molecule has 3 unspecified atom stereocenters. The van der Waals surface area contributed by atoms with Crippen molar-refractivity contribution in [3.05, 3.63) is 108 Å². The molecule has 7 heteroatoms. The average molecular weight is 536 g/mol. The van der Waals surface area contributed by atoms with Crippen molar-refractivity contribution < 1.29 is 18.9 Å². The summed E-state index contributed by atoms with van der Waals surface area (Å²) in [6, 6.07) is 34.7. The van der Waals surface area contributed by atoms with Crippen LogP contribution < -0.4 is 0 Å². The van der Waals surface area contributed by atoms with Gasteiger partial charge in [-0.25, -0.2) is 0 Å². The fourth-order valence-corrected chi connectivity index (χ4v) is 6.02. The van der Waals surface area contributed by atoms with Crippen LogP contribution in [0, 0.1) is 28.6 Å². The van der Waals surface area contributed by atoms with Crippen LogP contribution in [-0.2, 0) is 24.5 Å². The highest BCUT2D eigenvalue weighted by molar-refractivity contribution is 5.66. The molecule has 5 rings (SSSR count). The molecule has 0 bridgehead atoms. The third-order valence-electron chi connectivity index (χ3n) is 7.57. The van der Waals surface area contributed by atoms with E-state index < -0.39 is 41.2 Å². The molecule has 3 aromatic carbocycles. The maximum Gasteiger partial charge on any atom is 0.164 e. The zero-order chi connectivity index (χ0) is 28.2. The highest BCUT2D eigenvalue weighted by Crippen LogP contribution is 2.49. The standard InChI is InChI=1S/C33H33N3O4/c1-31(2)39-30-28(38-29(32(30,3)40-31)24(21-35)22-36-20-19-34)23-37-33(25-13-7-4-8-14-25,26-15-9-5-10-16-26)27-17-11-6-12-18-27/h4-18,22,24,28-30H,20,23H2,1-3H3/t24?,28?,29?,30-,32+/m1/s1. The third-order valence-corrected chi connectivity index (χ3v) is 7.57. The minimum absolute atomic E-state index is 0.0336. The van der Waals surface area contributed by atoms with Crippen molar-refractivity contribution in [3.63, 3.8) is 0 Å². The molecule has 0 amide bonds. The van der Waals surface area contributed by atoms with Crippen molar-refractivity contribution >= 4 is 6.21 Å². The van der Waals surface area contributed by atoms with Crippen LogP contribution in [0.25, 0.3) is 0 Å². The SMILES string of the molecule is CC1(C)O[C@@H]2C(COC(c3ccccc3)(c3ccccc3)c3ccccc3)OC(C(C#N)C=NCC#N)[C@]2(C)O1. The van der Waals surface area contributed by atoms with Gasteiger partial charge in [0, 0.05) is 6.21 Å². The number of nitriles is 2. The van der Waals surface area contributed by atoms with Gasteiger partial charge in [-0.3, -0.25) is 4.99 Å². The van der Waals surface area contributed by atoms with Crippen LogP contribution in [-0.4, -0.2) is 49.1 Å². The highest BCUT2D eigenvalue weighted by atomic mass is 16.8. The Hall–Kier alpha value is -3.85. The first-order valence-corrected chi connectivity index (χ1v) is 13.4. The first kappa shape index (κ1) is 27.7. The van der Waals surface area contributed by atoms with Crippen LogP contribution in [0.1, 0.15) is 37.5 Å². The number of fused-ring (bicyclic) bond motifs is 1. The molecule has 0 aliphatic carbocycles. The van der Waals surface area contributed by atoms with Crippen molar-refractivity contribution in [2.24, 2.45) is 10.9 Å². The van der Waals surface area contributed by atoms with Gasteiger partial charge in [-0.1, -0.05) is 91.0 Å². The summed E-state index contributed by atoms with van der Waals surface area (Å²) in [5, 5.41) is 18.9. The number of rotatable bonds is 9. The quantitative estimate of drug-likeness (QED) is 0.207. The predicted octanol–water partition coefficient (Wildman–Crippen LogP) is 5.41. The topological polar surface area (TPSA) is 96.9 Å². The molecule has 0 aromatic heterocycles. The second kappa shape index (κ2) is 11.3. The van der Waals surface area contributed by atoms with Gasteiger partial charge in [0.25, 0.3) is 0 Å². The summed E-state index contributed by atoms with van der Waals surface area (Å²) in [5.74, 6) is -1.61. The fraction of sp³-hybridized carbons (Fsp3) is 0.364. The Kier molecular flexibility index (Phi) is 7.85. The Bertz CT molecular complexity index is 1300. The second-order valence-electron chi connectivity index (χ2n) is 10.7. The molecule has 0 spiro atoms. The molecule has 2 fully saturated rings. The third kappa shape index (κ3) is 5.06. The molecule has 204 valence electrons. The lowest BCUT2D eigenvalue weighted by Gasteiger charge is -2.37. The normalized spacial score (nSPS) is 26.2. The summed E-state index contributed by atoms with van der Waals surface area (Å²) in [4.78, 5) is 4.10. The predicted molar refractivity (Wildman–Crippen MR) is 150 cm³/mol. The van der Waals surface area contributed by atoms with Crippen LogP contribution in [0.5, 0.6) is 0 Å². The van der Waals surface area contributed by atoms with Crippen molar-refractivity contribution in [2.45, 2.75) is 56.1 Å². The van der Waals surface area contributed by atoms with E-state index in [1.165, 1.54) is 6.21 Å². The maximum absolute atomic E-state index is 10.0. The minimum atomic E-state index is -0.931. The van der Waals surface area contributed by atoms with Gasteiger partial charge in [0.15, 0.2) is 5.79 Å². The molecule has 2 aliphatic heterocycles. The maximum atomic E-state index is 10.0. The van der Waals surface area contributed by atoms with Crippen LogP contribution >= 0.6 is 0 Å². The number of nitrogens with zero attached hydrogens (tertiary/aromatic N) is 3. The van der Waals surface area contributed by atoms with Crippen LogP contribution in [0.2, 0.25) is 0 Å². The van der Waals surface area contributed by atoms with E-state index in [9.17, 15) is 5.26 Å². The van der Waals surface area contributed by atoms with Crippen molar-refractivity contribution in [1.29, 1.82) is 10.5 Å². The summed E-state index contributed by atoms with van der Waals surface area (Å²) >= 11 is 0. The minimum Gasteiger partial charge on any atom is -0.365 e. The van der Waals surface area contributed by atoms with E-state index in [1.807, 2.05) is 81.4 Å². The Balaban J connectivity index is 1.55. The largest absolute Gasteiger partial charge is 0.365 e. The monoisotopic (exact) mass is 535 g/mol. The molecular weight excluding hydrogens is 502 g/mol. The Morgan fingerprint density at radius 3 is 1.90 bits per heavy atom. The van der Waals surface area contributed by atoms with E-state index in [4.69, 9.17) is 24.2 Å². The Morgan fingerprint density at radius 2 is 1.43 bits per heavy atom. The van der Waals surface area contributed by atoms with E-state index in [1.54, 1.807) is 0 Å². The number of benzene rings is 3. The number of ether oxygens (including phenoxy) is 4. The van der Waals surface area contributed by atoms with Gasteiger partial charge in [-0.15, -0.1) is 0 Å². The van der Waals surface area contributed by atoms with Gasteiger partial charge >= 0.3 is 0 Å². The summed E-state index contributed by atoms with van der Waals surface area (Å²) in [6.45, 7) is 5.77. The summed E-state index contributed by atoms with van der Waals surface area (Å²) in [5.41, 5.74) is 1.08. The van der Waals surface area contributed by atoms with Gasteiger partial charge in [0.1, 0.15) is 42.0 Å². The van der Waals surface area contributed by atoms with Gasteiger partial charge in [-0.05, 0) is 37.5 Å². The van der Waals surface area contributed by atoms with Crippen molar-refractivity contribution in [3.8, 4) is 12.1 Å². The van der Waals surface area contributed by atoms with Crippen LogP contribution in [0.3, 0.4) is 0 Å². The fourth-order valence-electron chi connectivity index (χ4n) is 6.02. The van der Waals surface area contributed by atoms with Crippen LogP contribution in [0.4, 0.5) is 0 Å². The Morgan fingerprint density at radius 1 is 0.900 bits per heavy atom. The lowest BCUT2D eigenvalue weighted by atomic mass is 9.80. The highest BCUT2D eigenvalue weighted by Gasteiger charge is 2.65. The second-order valence-corrected chi connectivity index (χ2v) is 10.7. The molecule has 0 N–H and O–H groups in total. The van der Waals surface area contributed by atoms with E-state index in [-0.39, 0.29) is 13.2 Å². The molecule has 7 nitrogen and oxygen atoms in total. The smallest absolute Gasteiger partial charge is 0.164 e. The van der Waals surface area contributed by atoms with Gasteiger partial charge in [-0.2, -0.15) is 10.5 Å². The van der Waals surface area contributed by atoms with Gasteiger partial charge in [0.05, 0.1) is 18.7 Å². The Labute approximate surface area is 235 Å². The lowest BCUT2D eigenvalue weighted by Crippen LogP contribution is -2.47. The molecule has 2 aliphatic rings. The summed E-state index contributed by atoms with van der Waals surface area (Å²) in [6.07, 6.45) is -0.212. The van der Waals surface area contributed by atoms with E-state index in [0.717, 1.165) is 16.7 Å². The van der Waals surface area contributed by atoms with Gasteiger partial charge in [0.2, 0.25) is 0 Å². The zero-order valence-corrected chi connectivity index (χ0v) is 22.9. The molecular formula is C33H33N3O4. The average Bonchev–Trinajstić information content (AvgIpc) is 3.38. The molecule has 0 saturated carbocycles. The molecule has 2 saturated heterocycles. The van der Waals surface area contributed by atoms with E-state index in [2.05, 4.69) is 47.5 Å². The number of hydrogen-bond donors (Lipinski definition) is 0. The zero-order valence-electron chi connectivity index (χ0n) is 22.9. The molecule has 3 aromatic rings.